The number of hydrazone groups is 1. The minimum absolute atomic E-state index is 0.0147. The summed E-state index contributed by atoms with van der Waals surface area (Å²) in [5.41, 5.74) is 2.31. The summed E-state index contributed by atoms with van der Waals surface area (Å²) in [4.78, 5) is 13.0. The van der Waals surface area contributed by atoms with E-state index in [9.17, 15) is 9.18 Å². The molecule has 4 aliphatic rings. The molecule has 0 spiro atoms. The predicted octanol–water partition coefficient (Wildman–Crippen LogP) is 5.55. The molecule has 1 aliphatic heterocycles. The predicted molar refractivity (Wildman–Crippen MR) is 114 cm³/mol. The number of unbranched alkanes of at least 4 members (excludes halogenated alkanes) is 1. The van der Waals surface area contributed by atoms with Gasteiger partial charge in [0.05, 0.1) is 6.54 Å². The van der Waals surface area contributed by atoms with Gasteiger partial charge in [0.15, 0.2) is 0 Å². The number of carbonyl (C=O) groups is 1. The Morgan fingerprint density at radius 2 is 2.14 bits per heavy atom. The molecule has 2 bridgehead atoms. The molecule has 0 saturated heterocycles. The van der Waals surface area contributed by atoms with Crippen molar-refractivity contribution in [2.24, 2.45) is 28.3 Å². The average Bonchev–Trinajstić information content (AvgIpc) is 3.11. The Bertz CT molecular complexity index is 805. The molecule has 1 aromatic rings. The van der Waals surface area contributed by atoms with Crippen LogP contribution in [0.1, 0.15) is 71.3 Å². The molecule has 5 atom stereocenters. The molecule has 1 aromatic carbocycles. The molecule has 0 aromatic heterocycles. The van der Waals surface area contributed by atoms with Crippen LogP contribution in [0.15, 0.2) is 29.4 Å². The molecule has 29 heavy (non-hydrogen) atoms. The number of fused-ring (bicyclic) bond motifs is 2. The van der Waals surface area contributed by atoms with Gasteiger partial charge in [0.2, 0.25) is 0 Å². The van der Waals surface area contributed by atoms with Crippen LogP contribution < -0.4 is 5.32 Å². The fourth-order valence-electron chi connectivity index (χ4n) is 5.85. The second kappa shape index (κ2) is 7.73. The molecule has 0 radical (unpaired) electrons. The summed E-state index contributed by atoms with van der Waals surface area (Å²) in [5.74, 6) is 1.63. The zero-order valence-corrected chi connectivity index (χ0v) is 18.1. The fraction of sp³-hybridized carbons (Fsp3) is 0.667. The number of urea groups is 1. The lowest BCUT2D eigenvalue weighted by molar-refractivity contribution is -0.113. The Morgan fingerprint density at radius 3 is 2.79 bits per heavy atom. The van der Waals surface area contributed by atoms with E-state index in [-0.39, 0.29) is 23.8 Å². The molecular formula is C24H34FN3O. The minimum atomic E-state index is -0.238. The molecule has 158 valence electrons. The lowest BCUT2D eigenvalue weighted by atomic mass is 9.45. The number of nitrogens with one attached hydrogen (secondary N) is 1. The van der Waals surface area contributed by atoms with Crippen molar-refractivity contribution in [2.45, 2.75) is 71.8 Å². The number of nitrogens with zero attached hydrogens (tertiary/aromatic N) is 2. The van der Waals surface area contributed by atoms with Gasteiger partial charge in [-0.25, -0.2) is 14.2 Å². The van der Waals surface area contributed by atoms with Crippen molar-refractivity contribution in [2.75, 3.05) is 6.54 Å². The van der Waals surface area contributed by atoms with E-state index < -0.39 is 0 Å². The first kappa shape index (κ1) is 20.4. The second-order valence-electron chi connectivity index (χ2n) is 9.90. The number of amides is 2. The lowest BCUT2D eigenvalue weighted by Crippen LogP contribution is -2.61. The molecule has 1 unspecified atom stereocenters. The van der Waals surface area contributed by atoms with Gasteiger partial charge < -0.3 is 5.32 Å². The molecule has 5 heteroatoms. The van der Waals surface area contributed by atoms with Crippen LogP contribution in [0.3, 0.4) is 0 Å². The highest BCUT2D eigenvalue weighted by molar-refractivity contribution is 5.94. The topological polar surface area (TPSA) is 44.7 Å². The highest BCUT2D eigenvalue weighted by atomic mass is 19.1. The van der Waals surface area contributed by atoms with Crippen LogP contribution in [0.2, 0.25) is 0 Å². The van der Waals surface area contributed by atoms with Crippen molar-refractivity contribution in [3.05, 3.63) is 35.6 Å². The van der Waals surface area contributed by atoms with Gasteiger partial charge in [-0.1, -0.05) is 46.2 Å². The van der Waals surface area contributed by atoms with Gasteiger partial charge in [-0.15, -0.1) is 0 Å². The summed E-state index contributed by atoms with van der Waals surface area (Å²) in [5, 5.41) is 9.53. The van der Waals surface area contributed by atoms with Gasteiger partial charge in [0, 0.05) is 17.7 Å². The molecule has 3 saturated carbocycles. The maximum absolute atomic E-state index is 13.8. The summed E-state index contributed by atoms with van der Waals surface area (Å²) in [6.45, 7) is 9.66. The lowest BCUT2D eigenvalue weighted by Gasteiger charge is -2.62. The third-order valence-electron chi connectivity index (χ3n) is 7.94. The van der Waals surface area contributed by atoms with Crippen LogP contribution in [0.25, 0.3) is 0 Å². The number of hydrogen-bond acceptors (Lipinski definition) is 2. The zero-order valence-electron chi connectivity index (χ0n) is 18.1. The molecule has 1 heterocycles. The van der Waals surface area contributed by atoms with Crippen molar-refractivity contribution in [1.82, 2.24) is 10.3 Å². The van der Waals surface area contributed by atoms with Crippen LogP contribution in [0.4, 0.5) is 9.18 Å². The van der Waals surface area contributed by atoms with E-state index in [1.807, 2.05) is 6.07 Å². The standard InChI is InChI=1S/C24H34FN3O/c1-5-6-10-21-19(16-8-7-9-18(25)11-16)14-28(27-21)23(29)26-22-13-17-12-20(15(22)2)24(17,3)4/h7-9,11,15,17,19-20,22H,5-6,10,12-14H2,1-4H3,(H,26,29)/t15-,17-,19?,20+,22-/m1/s1. The first-order valence-electron chi connectivity index (χ1n) is 11.2. The monoisotopic (exact) mass is 399 g/mol. The molecule has 3 fully saturated rings. The average molecular weight is 400 g/mol. The van der Waals surface area contributed by atoms with Crippen molar-refractivity contribution in [1.29, 1.82) is 0 Å². The summed E-state index contributed by atoms with van der Waals surface area (Å²) < 4.78 is 13.8. The molecule has 4 nitrogen and oxygen atoms in total. The van der Waals surface area contributed by atoms with Crippen LogP contribution in [0.5, 0.6) is 0 Å². The van der Waals surface area contributed by atoms with Crippen molar-refractivity contribution < 1.29 is 9.18 Å². The Balaban J connectivity index is 1.45. The SMILES string of the molecule is CCCCC1=NN(C(=O)N[C@@H]2C[C@H]3C[C@@H]([C@H]2C)C3(C)C)CC1c1cccc(F)c1. The Kier molecular flexibility index (Phi) is 5.43. The van der Waals surface area contributed by atoms with Crippen LogP contribution in [0, 0.1) is 29.0 Å². The van der Waals surface area contributed by atoms with Gasteiger partial charge >= 0.3 is 6.03 Å². The number of rotatable bonds is 5. The summed E-state index contributed by atoms with van der Waals surface area (Å²) in [6, 6.07) is 6.84. The van der Waals surface area contributed by atoms with Gasteiger partial charge in [0.25, 0.3) is 0 Å². The third-order valence-corrected chi connectivity index (χ3v) is 7.94. The Labute approximate surface area is 173 Å². The van der Waals surface area contributed by atoms with Crippen molar-refractivity contribution in [3.63, 3.8) is 0 Å². The molecule has 5 rings (SSSR count). The summed E-state index contributed by atoms with van der Waals surface area (Å²) in [6.07, 6.45) is 5.30. The smallest absolute Gasteiger partial charge is 0.333 e. The molecule has 1 N–H and O–H groups in total. The molecule has 3 aliphatic carbocycles. The second-order valence-corrected chi connectivity index (χ2v) is 9.90. The van der Waals surface area contributed by atoms with Crippen molar-refractivity contribution in [3.8, 4) is 0 Å². The molecular weight excluding hydrogens is 365 g/mol. The van der Waals surface area contributed by atoms with E-state index >= 15 is 0 Å². The van der Waals surface area contributed by atoms with Gasteiger partial charge in [-0.2, -0.15) is 5.10 Å². The van der Waals surface area contributed by atoms with E-state index in [1.165, 1.54) is 12.5 Å². The van der Waals surface area contributed by atoms with E-state index in [0.717, 1.165) is 37.0 Å². The van der Waals surface area contributed by atoms with E-state index in [2.05, 4.69) is 38.1 Å². The van der Waals surface area contributed by atoms with Crippen LogP contribution in [-0.2, 0) is 0 Å². The number of carbonyl (C=O) groups excluding carboxylic acids is 1. The highest BCUT2D eigenvalue weighted by Crippen LogP contribution is 2.61. The quantitative estimate of drug-likeness (QED) is 0.693. The Morgan fingerprint density at radius 1 is 1.34 bits per heavy atom. The van der Waals surface area contributed by atoms with E-state index in [0.29, 0.717) is 29.7 Å². The highest BCUT2D eigenvalue weighted by Gasteiger charge is 2.56. The normalized spacial score (nSPS) is 32.5. The van der Waals surface area contributed by atoms with Gasteiger partial charge in [-0.3, -0.25) is 0 Å². The first-order chi connectivity index (χ1) is 13.8. The number of hydrogen-bond donors (Lipinski definition) is 1. The van der Waals surface area contributed by atoms with E-state index in [1.54, 1.807) is 17.1 Å². The minimum Gasteiger partial charge on any atom is -0.333 e. The Hall–Kier alpha value is -1.91. The van der Waals surface area contributed by atoms with Gasteiger partial charge in [-0.05, 0) is 66.5 Å². The maximum Gasteiger partial charge on any atom is 0.338 e. The maximum atomic E-state index is 13.8. The van der Waals surface area contributed by atoms with Crippen LogP contribution in [-0.4, -0.2) is 29.3 Å². The van der Waals surface area contributed by atoms with Crippen LogP contribution >= 0.6 is 0 Å². The summed E-state index contributed by atoms with van der Waals surface area (Å²) in [7, 11) is 0. The largest absolute Gasteiger partial charge is 0.338 e. The van der Waals surface area contributed by atoms with Crippen molar-refractivity contribution >= 4 is 11.7 Å². The van der Waals surface area contributed by atoms with Gasteiger partial charge in [0.1, 0.15) is 5.82 Å². The van der Waals surface area contributed by atoms with E-state index in [4.69, 9.17) is 0 Å². The first-order valence-corrected chi connectivity index (χ1v) is 11.2. The number of benzene rings is 1. The zero-order chi connectivity index (χ0) is 20.8. The third kappa shape index (κ3) is 3.69. The summed E-state index contributed by atoms with van der Waals surface area (Å²) >= 11 is 0. The fourth-order valence-corrected chi connectivity index (χ4v) is 5.85. The number of halogens is 1. The molecule has 2 amide bonds.